The van der Waals surface area contributed by atoms with Gasteiger partial charge >= 0.3 is 6.03 Å². The van der Waals surface area contributed by atoms with Gasteiger partial charge in [0.2, 0.25) is 0 Å². The van der Waals surface area contributed by atoms with Crippen molar-refractivity contribution in [2.75, 3.05) is 46.8 Å². The smallest absolute Gasteiger partial charge is 0.314 e. The molecule has 1 heterocycles. The fourth-order valence-electron chi connectivity index (χ4n) is 2.74. The predicted octanol–water partition coefficient (Wildman–Crippen LogP) is 0.682. The maximum atomic E-state index is 11.9. The van der Waals surface area contributed by atoms with Crippen LogP contribution in [0.4, 0.5) is 10.5 Å². The summed E-state index contributed by atoms with van der Waals surface area (Å²) >= 11 is 0. The summed E-state index contributed by atoms with van der Waals surface area (Å²) in [6.45, 7) is 4.01. The summed E-state index contributed by atoms with van der Waals surface area (Å²) in [5.74, 6) is 0. The van der Waals surface area contributed by atoms with Gasteiger partial charge in [-0.2, -0.15) is 0 Å². The molecule has 0 radical (unpaired) electrons. The normalized spacial score (nSPS) is 19.0. The van der Waals surface area contributed by atoms with E-state index in [4.69, 9.17) is 0 Å². The van der Waals surface area contributed by atoms with Gasteiger partial charge in [-0.3, -0.25) is 15.0 Å². The maximum absolute atomic E-state index is 11.9. The van der Waals surface area contributed by atoms with Crippen LogP contribution in [0.15, 0.2) is 24.3 Å². The van der Waals surface area contributed by atoms with E-state index in [9.17, 15) is 14.9 Å². The second kappa shape index (κ2) is 8.60. The summed E-state index contributed by atoms with van der Waals surface area (Å²) in [4.78, 5) is 26.7. The van der Waals surface area contributed by atoms with Gasteiger partial charge in [0.05, 0.1) is 4.92 Å². The Balaban J connectivity index is 1.70. The number of urea groups is 1. The van der Waals surface area contributed by atoms with E-state index >= 15 is 0 Å². The van der Waals surface area contributed by atoms with Crippen molar-refractivity contribution in [2.24, 2.45) is 0 Å². The minimum absolute atomic E-state index is 0.0707. The van der Waals surface area contributed by atoms with E-state index in [1.807, 2.05) is 6.07 Å². The minimum Gasteiger partial charge on any atom is -0.338 e. The van der Waals surface area contributed by atoms with Gasteiger partial charge in [0.15, 0.2) is 0 Å². The lowest BCUT2D eigenvalue weighted by atomic mass is 10.1. The Bertz CT molecular complexity index is 581. The van der Waals surface area contributed by atoms with Crippen LogP contribution in [0.2, 0.25) is 0 Å². The van der Waals surface area contributed by atoms with Crippen LogP contribution in [0.5, 0.6) is 0 Å². The number of hydrogen-bond donors (Lipinski definition) is 2. The number of amides is 2. The largest absolute Gasteiger partial charge is 0.338 e. The van der Waals surface area contributed by atoms with Gasteiger partial charge in [-0.25, -0.2) is 4.79 Å². The Morgan fingerprint density at radius 1 is 1.33 bits per heavy atom. The number of piperazine rings is 1. The molecule has 2 amide bonds. The van der Waals surface area contributed by atoms with Gasteiger partial charge in [0.1, 0.15) is 0 Å². The van der Waals surface area contributed by atoms with Crippen LogP contribution in [-0.4, -0.2) is 73.6 Å². The average molecular weight is 335 g/mol. The van der Waals surface area contributed by atoms with Crippen LogP contribution in [0, 0.1) is 10.1 Å². The first-order valence-electron chi connectivity index (χ1n) is 8.09. The molecule has 8 nitrogen and oxygen atoms in total. The van der Waals surface area contributed by atoms with Gasteiger partial charge in [0.25, 0.3) is 5.69 Å². The number of rotatable bonds is 6. The van der Waals surface area contributed by atoms with Crippen LogP contribution in [0.1, 0.15) is 5.56 Å². The summed E-state index contributed by atoms with van der Waals surface area (Å²) in [6.07, 6.45) is 0.557. The van der Waals surface area contributed by atoms with E-state index in [0.29, 0.717) is 25.6 Å². The molecular weight excluding hydrogens is 310 g/mol. The number of nitro groups is 1. The Labute approximate surface area is 142 Å². The number of non-ortho nitro benzene ring substituents is 1. The second-order valence-corrected chi connectivity index (χ2v) is 6.21. The van der Waals surface area contributed by atoms with E-state index in [0.717, 1.165) is 25.2 Å². The van der Waals surface area contributed by atoms with Crippen molar-refractivity contribution >= 4 is 11.7 Å². The van der Waals surface area contributed by atoms with Gasteiger partial charge in [-0.1, -0.05) is 12.1 Å². The fraction of sp³-hybridized carbons (Fsp3) is 0.562. The highest BCUT2D eigenvalue weighted by molar-refractivity contribution is 5.73. The van der Waals surface area contributed by atoms with Crippen molar-refractivity contribution < 1.29 is 9.72 Å². The molecule has 1 aliphatic rings. The van der Waals surface area contributed by atoms with Crippen LogP contribution < -0.4 is 10.6 Å². The van der Waals surface area contributed by atoms with Crippen molar-refractivity contribution in [3.05, 3.63) is 39.9 Å². The summed E-state index contributed by atoms with van der Waals surface area (Å²) < 4.78 is 0. The Hall–Kier alpha value is -2.19. The zero-order valence-corrected chi connectivity index (χ0v) is 14.2. The number of nitrogens with zero attached hydrogens (tertiary/aromatic N) is 3. The van der Waals surface area contributed by atoms with Crippen molar-refractivity contribution in [1.82, 2.24) is 20.4 Å². The van der Waals surface area contributed by atoms with Gasteiger partial charge < -0.3 is 15.5 Å². The summed E-state index contributed by atoms with van der Waals surface area (Å²) in [5, 5.41) is 16.4. The lowest BCUT2D eigenvalue weighted by Crippen LogP contribution is -2.55. The second-order valence-electron chi connectivity index (χ2n) is 6.21. The van der Waals surface area contributed by atoms with E-state index in [1.54, 1.807) is 6.07 Å². The standard InChI is InChI=1S/C16H25N5O3/c1-19-8-9-20(2)15(12-19)11-18-16(22)17-7-6-13-4-3-5-14(10-13)21(23)24/h3-5,10,15H,6-9,11-12H2,1-2H3,(H2,17,18,22)/t15-/m1/s1. The molecule has 0 saturated carbocycles. The quantitative estimate of drug-likeness (QED) is 0.589. The monoisotopic (exact) mass is 335 g/mol. The molecular formula is C16H25N5O3. The molecule has 1 aromatic carbocycles. The number of nitrogens with one attached hydrogen (secondary N) is 2. The average Bonchev–Trinajstić information content (AvgIpc) is 2.56. The highest BCUT2D eigenvalue weighted by Crippen LogP contribution is 2.13. The Morgan fingerprint density at radius 2 is 2.12 bits per heavy atom. The molecule has 2 N–H and O–H groups in total. The molecule has 24 heavy (non-hydrogen) atoms. The van der Waals surface area contributed by atoms with Crippen LogP contribution in [0.3, 0.4) is 0 Å². The van der Waals surface area contributed by atoms with E-state index in [-0.39, 0.29) is 11.7 Å². The highest BCUT2D eigenvalue weighted by Gasteiger charge is 2.22. The van der Waals surface area contributed by atoms with E-state index < -0.39 is 4.92 Å². The number of carbonyl (C=O) groups excluding carboxylic acids is 1. The van der Waals surface area contributed by atoms with E-state index in [1.165, 1.54) is 12.1 Å². The third kappa shape index (κ3) is 5.47. The van der Waals surface area contributed by atoms with Crippen LogP contribution in [0.25, 0.3) is 0 Å². The van der Waals surface area contributed by atoms with Crippen molar-refractivity contribution in [1.29, 1.82) is 0 Å². The van der Waals surface area contributed by atoms with Crippen LogP contribution >= 0.6 is 0 Å². The molecule has 0 spiro atoms. The number of nitro benzene ring substituents is 1. The van der Waals surface area contributed by atoms with Crippen molar-refractivity contribution in [3.8, 4) is 0 Å². The SMILES string of the molecule is CN1CCN(C)[C@H](CNC(=O)NCCc2cccc([N+](=O)[O-])c2)C1. The number of likely N-dealkylation sites (N-methyl/N-ethyl adjacent to an activating group) is 2. The summed E-state index contributed by atoms with van der Waals surface area (Å²) in [6, 6.07) is 6.57. The predicted molar refractivity (Wildman–Crippen MR) is 92.1 cm³/mol. The first-order valence-corrected chi connectivity index (χ1v) is 8.09. The first-order chi connectivity index (χ1) is 11.5. The molecule has 1 aliphatic heterocycles. The molecule has 132 valence electrons. The zero-order chi connectivity index (χ0) is 17.5. The fourth-order valence-corrected chi connectivity index (χ4v) is 2.74. The molecule has 1 saturated heterocycles. The van der Waals surface area contributed by atoms with Crippen LogP contribution in [-0.2, 0) is 6.42 Å². The molecule has 0 unspecified atom stereocenters. The van der Waals surface area contributed by atoms with Crippen molar-refractivity contribution in [2.45, 2.75) is 12.5 Å². The van der Waals surface area contributed by atoms with Crippen molar-refractivity contribution in [3.63, 3.8) is 0 Å². The zero-order valence-electron chi connectivity index (χ0n) is 14.2. The lowest BCUT2D eigenvalue weighted by Gasteiger charge is -2.37. The molecule has 0 bridgehead atoms. The molecule has 1 aromatic rings. The third-order valence-electron chi connectivity index (χ3n) is 4.30. The van der Waals surface area contributed by atoms with E-state index in [2.05, 4.69) is 34.5 Å². The molecule has 1 fully saturated rings. The first kappa shape index (κ1) is 18.2. The highest BCUT2D eigenvalue weighted by atomic mass is 16.6. The maximum Gasteiger partial charge on any atom is 0.314 e. The molecule has 0 aliphatic carbocycles. The lowest BCUT2D eigenvalue weighted by molar-refractivity contribution is -0.384. The number of benzene rings is 1. The molecule has 0 aromatic heterocycles. The van der Waals surface area contributed by atoms with Gasteiger partial charge in [-0.15, -0.1) is 0 Å². The Morgan fingerprint density at radius 3 is 2.88 bits per heavy atom. The third-order valence-corrected chi connectivity index (χ3v) is 4.30. The van der Waals surface area contributed by atoms with Gasteiger partial charge in [0, 0.05) is 50.9 Å². The molecule has 8 heteroatoms. The Kier molecular flexibility index (Phi) is 6.51. The summed E-state index contributed by atoms with van der Waals surface area (Å²) in [7, 11) is 4.15. The number of carbonyl (C=O) groups is 1. The molecule has 2 rings (SSSR count). The topological polar surface area (TPSA) is 90.8 Å². The van der Waals surface area contributed by atoms with Gasteiger partial charge in [-0.05, 0) is 26.1 Å². The minimum atomic E-state index is -0.415. The summed E-state index contributed by atoms with van der Waals surface area (Å²) in [5.41, 5.74) is 0.902. The molecule has 1 atom stereocenters. The number of hydrogen-bond acceptors (Lipinski definition) is 5.